The number of aliphatic hydroxyl groups excluding tert-OH is 1. The average Bonchev–Trinajstić information content (AvgIpc) is 2.30. The van der Waals surface area contributed by atoms with Gasteiger partial charge in [0.1, 0.15) is 5.75 Å². The SMILES string of the molecule is CNC1(CO)c2ccccc2OCC1C. The first-order chi connectivity index (χ1) is 7.24. The Labute approximate surface area is 90.1 Å². The molecular weight excluding hydrogens is 190 g/mol. The summed E-state index contributed by atoms with van der Waals surface area (Å²) in [6, 6.07) is 7.88. The van der Waals surface area contributed by atoms with Gasteiger partial charge in [-0.2, -0.15) is 0 Å². The smallest absolute Gasteiger partial charge is 0.124 e. The summed E-state index contributed by atoms with van der Waals surface area (Å²) in [7, 11) is 1.88. The third-order valence-corrected chi connectivity index (χ3v) is 3.39. The first-order valence-electron chi connectivity index (χ1n) is 5.26. The Morgan fingerprint density at radius 3 is 2.93 bits per heavy atom. The summed E-state index contributed by atoms with van der Waals surface area (Å²) in [6.45, 7) is 2.81. The van der Waals surface area contributed by atoms with E-state index >= 15 is 0 Å². The summed E-state index contributed by atoms with van der Waals surface area (Å²) >= 11 is 0. The number of fused-ring (bicyclic) bond motifs is 1. The zero-order valence-corrected chi connectivity index (χ0v) is 9.16. The molecule has 0 aromatic heterocycles. The van der Waals surface area contributed by atoms with Crippen molar-refractivity contribution >= 4 is 0 Å². The molecule has 0 aliphatic carbocycles. The summed E-state index contributed by atoms with van der Waals surface area (Å²) in [5.74, 6) is 1.13. The van der Waals surface area contributed by atoms with Crippen molar-refractivity contribution < 1.29 is 9.84 Å². The van der Waals surface area contributed by atoms with E-state index < -0.39 is 0 Å². The molecule has 0 radical (unpaired) electrons. The number of ether oxygens (including phenoxy) is 1. The highest BCUT2D eigenvalue weighted by molar-refractivity contribution is 5.41. The van der Waals surface area contributed by atoms with Crippen molar-refractivity contribution in [2.45, 2.75) is 12.5 Å². The molecule has 1 aromatic carbocycles. The van der Waals surface area contributed by atoms with Gasteiger partial charge in [0.05, 0.1) is 18.8 Å². The van der Waals surface area contributed by atoms with Gasteiger partial charge in [0.15, 0.2) is 0 Å². The van der Waals surface area contributed by atoms with Crippen LogP contribution < -0.4 is 10.1 Å². The standard InChI is InChI=1S/C12H17NO2/c1-9-7-15-11-6-4-3-5-10(11)12(9,8-14)13-2/h3-6,9,13-14H,7-8H2,1-2H3. The number of benzene rings is 1. The zero-order chi connectivity index (χ0) is 10.9. The molecule has 15 heavy (non-hydrogen) atoms. The summed E-state index contributed by atoms with van der Waals surface area (Å²) < 4.78 is 5.64. The van der Waals surface area contributed by atoms with E-state index in [2.05, 4.69) is 12.2 Å². The van der Waals surface area contributed by atoms with E-state index in [-0.39, 0.29) is 18.1 Å². The van der Waals surface area contributed by atoms with Gasteiger partial charge >= 0.3 is 0 Å². The molecule has 1 heterocycles. The number of hydrogen-bond acceptors (Lipinski definition) is 3. The second-order valence-electron chi connectivity index (χ2n) is 4.09. The van der Waals surface area contributed by atoms with E-state index in [1.807, 2.05) is 31.3 Å². The van der Waals surface area contributed by atoms with Gasteiger partial charge < -0.3 is 15.2 Å². The third-order valence-electron chi connectivity index (χ3n) is 3.39. The van der Waals surface area contributed by atoms with Crippen LogP contribution in [0.4, 0.5) is 0 Å². The first kappa shape index (κ1) is 10.5. The van der Waals surface area contributed by atoms with E-state index in [1.165, 1.54) is 0 Å². The average molecular weight is 207 g/mol. The molecule has 1 aliphatic rings. The molecule has 2 rings (SSSR count). The van der Waals surface area contributed by atoms with Crippen LogP contribution in [0.2, 0.25) is 0 Å². The maximum absolute atomic E-state index is 9.64. The summed E-state index contributed by atoms with van der Waals surface area (Å²) in [6.07, 6.45) is 0. The highest BCUT2D eigenvalue weighted by atomic mass is 16.5. The van der Waals surface area contributed by atoms with Gasteiger partial charge in [-0.3, -0.25) is 0 Å². The number of hydrogen-bond donors (Lipinski definition) is 2. The second-order valence-corrected chi connectivity index (χ2v) is 4.09. The van der Waals surface area contributed by atoms with Crippen molar-refractivity contribution in [3.63, 3.8) is 0 Å². The molecule has 2 unspecified atom stereocenters. The fourth-order valence-corrected chi connectivity index (χ4v) is 2.28. The molecule has 82 valence electrons. The van der Waals surface area contributed by atoms with Crippen molar-refractivity contribution in [2.24, 2.45) is 5.92 Å². The molecule has 0 saturated carbocycles. The summed E-state index contributed by atoms with van der Waals surface area (Å²) in [4.78, 5) is 0. The lowest BCUT2D eigenvalue weighted by Gasteiger charge is -2.42. The van der Waals surface area contributed by atoms with Crippen LogP contribution >= 0.6 is 0 Å². The molecule has 1 aromatic rings. The number of likely N-dealkylation sites (N-methyl/N-ethyl adjacent to an activating group) is 1. The van der Waals surface area contributed by atoms with Crippen molar-refractivity contribution in [2.75, 3.05) is 20.3 Å². The Bertz CT molecular complexity index is 347. The molecule has 3 heteroatoms. The number of para-hydroxylation sites is 1. The van der Waals surface area contributed by atoms with E-state index in [0.717, 1.165) is 11.3 Å². The fourth-order valence-electron chi connectivity index (χ4n) is 2.28. The van der Waals surface area contributed by atoms with E-state index in [9.17, 15) is 5.11 Å². The van der Waals surface area contributed by atoms with Gasteiger partial charge in [-0.25, -0.2) is 0 Å². The molecule has 1 aliphatic heterocycles. The maximum atomic E-state index is 9.64. The number of rotatable bonds is 2. The lowest BCUT2D eigenvalue weighted by Crippen LogP contribution is -2.53. The van der Waals surface area contributed by atoms with Crippen molar-refractivity contribution in [1.82, 2.24) is 5.32 Å². The van der Waals surface area contributed by atoms with Crippen molar-refractivity contribution in [1.29, 1.82) is 0 Å². The number of aliphatic hydroxyl groups is 1. The van der Waals surface area contributed by atoms with Gasteiger partial charge in [0, 0.05) is 11.5 Å². The summed E-state index contributed by atoms with van der Waals surface area (Å²) in [5, 5.41) is 12.9. The highest BCUT2D eigenvalue weighted by Crippen LogP contribution is 2.39. The first-order valence-corrected chi connectivity index (χ1v) is 5.26. The predicted molar refractivity (Wildman–Crippen MR) is 58.9 cm³/mol. The summed E-state index contributed by atoms with van der Waals surface area (Å²) in [5.41, 5.74) is 0.684. The van der Waals surface area contributed by atoms with E-state index in [0.29, 0.717) is 6.61 Å². The molecular formula is C12H17NO2. The minimum absolute atomic E-state index is 0.0883. The maximum Gasteiger partial charge on any atom is 0.124 e. The van der Waals surface area contributed by atoms with Crippen molar-refractivity contribution in [3.05, 3.63) is 29.8 Å². The van der Waals surface area contributed by atoms with E-state index in [4.69, 9.17) is 4.74 Å². The predicted octanol–water partition coefficient (Wildman–Crippen LogP) is 1.12. The van der Waals surface area contributed by atoms with Crippen LogP contribution in [0.1, 0.15) is 12.5 Å². The molecule has 0 spiro atoms. The lowest BCUT2D eigenvalue weighted by atomic mass is 9.78. The largest absolute Gasteiger partial charge is 0.493 e. The minimum atomic E-state index is -0.366. The highest BCUT2D eigenvalue weighted by Gasteiger charge is 2.41. The molecule has 2 atom stereocenters. The monoisotopic (exact) mass is 207 g/mol. The zero-order valence-electron chi connectivity index (χ0n) is 9.16. The lowest BCUT2D eigenvalue weighted by molar-refractivity contribution is 0.0617. The van der Waals surface area contributed by atoms with Crippen LogP contribution in [0.25, 0.3) is 0 Å². The van der Waals surface area contributed by atoms with Gasteiger partial charge in [0.25, 0.3) is 0 Å². The Morgan fingerprint density at radius 2 is 2.27 bits per heavy atom. The third kappa shape index (κ3) is 1.43. The molecule has 3 nitrogen and oxygen atoms in total. The second kappa shape index (κ2) is 3.83. The van der Waals surface area contributed by atoms with Crippen LogP contribution in [0, 0.1) is 5.92 Å². The van der Waals surface area contributed by atoms with Crippen LogP contribution in [0.15, 0.2) is 24.3 Å². The van der Waals surface area contributed by atoms with Gasteiger partial charge in [0.2, 0.25) is 0 Å². The molecule has 0 saturated heterocycles. The normalized spacial score (nSPS) is 29.4. The quantitative estimate of drug-likeness (QED) is 0.763. The topological polar surface area (TPSA) is 41.5 Å². The van der Waals surface area contributed by atoms with Crippen molar-refractivity contribution in [3.8, 4) is 5.75 Å². The molecule has 0 fully saturated rings. The van der Waals surface area contributed by atoms with Crippen LogP contribution in [0.3, 0.4) is 0 Å². The minimum Gasteiger partial charge on any atom is -0.493 e. The Morgan fingerprint density at radius 1 is 1.53 bits per heavy atom. The van der Waals surface area contributed by atoms with Crippen LogP contribution in [-0.2, 0) is 5.54 Å². The van der Waals surface area contributed by atoms with E-state index in [1.54, 1.807) is 0 Å². The Balaban J connectivity index is 2.54. The number of nitrogens with one attached hydrogen (secondary N) is 1. The van der Waals surface area contributed by atoms with Gasteiger partial charge in [-0.15, -0.1) is 0 Å². The Hall–Kier alpha value is -1.06. The molecule has 0 amide bonds. The van der Waals surface area contributed by atoms with Gasteiger partial charge in [-0.05, 0) is 13.1 Å². The Kier molecular flexibility index (Phi) is 2.67. The molecule has 0 bridgehead atoms. The van der Waals surface area contributed by atoms with Crippen LogP contribution in [0.5, 0.6) is 5.75 Å². The van der Waals surface area contributed by atoms with Gasteiger partial charge in [-0.1, -0.05) is 25.1 Å². The van der Waals surface area contributed by atoms with Crippen LogP contribution in [-0.4, -0.2) is 25.4 Å². The molecule has 2 N–H and O–H groups in total. The fraction of sp³-hybridized carbons (Fsp3) is 0.500.